The Morgan fingerprint density at radius 2 is 1.26 bits per heavy atom. The maximum Gasteiger partial charge on any atom is 0.434 e. The van der Waals surface area contributed by atoms with E-state index in [0.717, 1.165) is 44.9 Å². The van der Waals surface area contributed by atoms with Crippen LogP contribution in [0, 0.1) is 6.92 Å². The number of nitrogens with zero attached hydrogens (tertiary/aromatic N) is 11. The van der Waals surface area contributed by atoms with Gasteiger partial charge < -0.3 is 52.5 Å². The molecule has 7 aromatic rings. The first-order valence-electron chi connectivity index (χ1n) is 22.6. The summed E-state index contributed by atoms with van der Waals surface area (Å²) in [7, 11) is 0. The Hall–Kier alpha value is -6.74. The van der Waals surface area contributed by atoms with Crippen LogP contribution in [-0.4, -0.2) is 112 Å². The Kier molecular flexibility index (Phi) is 30.5. The zero-order valence-electron chi connectivity index (χ0n) is 42.8. The fourth-order valence-electron chi connectivity index (χ4n) is 4.41. The van der Waals surface area contributed by atoms with E-state index in [1.165, 1.54) is 0 Å². The standard InChI is InChI=1S/C8H15N3O.C7H15N5.C6H11N3.C6H10N2S.C5H10N4.C5H9N3O.C5H8N2O2.CH4/c1-6(2)8-10-5-7(11-8)9-3-4-12;1-5(2)6-10-7(12-11-6)9-4-3-8;1-4(2)6-7-5(3)8-9-6;1-4(2)6-8-3-5(7)9-6;1-3(2)4-7-5(6)9-8-4;1-3(2)4-7-8-5(6)9-4;1-3(2)4-6-7-5(8)9-4;/h5-6,9,12H,3-4H2,1-2H3,(H,10,11);5H,3-4,8H2,1-2H3,(H2,9,10,11,12);4H,1-3H3,(H,7,8,9);3-4H,7H2,1-2H3;3H,1-2H3,(H3,6,7,8,9);3H,1-2H3,(H2,6,8);3H,1-2H3,(H,7,8);1H4. The van der Waals surface area contributed by atoms with Crippen molar-refractivity contribution in [1.82, 2.24) is 80.9 Å². The number of anilines is 5. The molecule has 0 saturated heterocycles. The average molecular weight is 1000 g/mol. The number of H-pyrrole nitrogens is 5. The van der Waals surface area contributed by atoms with Crippen LogP contribution in [0.2, 0.25) is 0 Å². The summed E-state index contributed by atoms with van der Waals surface area (Å²) >= 11 is 1.56. The molecule has 0 spiro atoms. The first-order valence-corrected chi connectivity index (χ1v) is 23.5. The van der Waals surface area contributed by atoms with Crippen LogP contribution in [0.5, 0.6) is 0 Å². The molecule has 7 rings (SSSR count). The molecule has 0 bridgehead atoms. The zero-order chi connectivity index (χ0) is 52.2. The number of imidazole rings is 1. The lowest BCUT2D eigenvalue weighted by Gasteiger charge is -2.00. The Balaban J connectivity index is 0.000000795. The van der Waals surface area contributed by atoms with E-state index >= 15 is 0 Å². The predicted octanol–water partition coefficient (Wildman–Crippen LogP) is 6.73. The van der Waals surface area contributed by atoms with Gasteiger partial charge in [0.15, 0.2) is 5.82 Å². The molecule has 0 atom stereocenters. The largest absolute Gasteiger partial charge is 0.434 e. The summed E-state index contributed by atoms with van der Waals surface area (Å²) in [6, 6.07) is 0.138. The number of aliphatic hydroxyl groups excluding tert-OH is 1. The van der Waals surface area contributed by atoms with Gasteiger partial charge in [-0.2, -0.15) is 15.1 Å². The van der Waals surface area contributed by atoms with Crippen LogP contribution in [0.15, 0.2) is 26.0 Å². The van der Waals surface area contributed by atoms with Gasteiger partial charge in [-0.25, -0.2) is 24.8 Å². The van der Waals surface area contributed by atoms with Crippen LogP contribution in [0.3, 0.4) is 0 Å². The summed E-state index contributed by atoms with van der Waals surface area (Å²) in [5.74, 6) is 9.39. The highest BCUT2D eigenvalue weighted by Crippen LogP contribution is 2.22. The third-order valence-corrected chi connectivity index (χ3v) is 9.31. The number of thiazole rings is 1. The number of aryl methyl sites for hydroxylation is 1. The molecule has 0 aromatic carbocycles. The number of aromatic nitrogens is 16. The second kappa shape index (κ2) is 33.7. The molecular formula is C43H82N22O4S. The predicted molar refractivity (Wildman–Crippen MR) is 278 cm³/mol. The summed E-state index contributed by atoms with van der Waals surface area (Å²) < 4.78 is 9.52. The van der Waals surface area contributed by atoms with Crippen molar-refractivity contribution in [3.63, 3.8) is 0 Å². The van der Waals surface area contributed by atoms with Gasteiger partial charge in [-0.3, -0.25) is 15.3 Å². The van der Waals surface area contributed by atoms with E-state index < -0.39 is 5.76 Å². The smallest absolute Gasteiger partial charge is 0.408 e. The minimum absolute atomic E-state index is 0. The van der Waals surface area contributed by atoms with Crippen LogP contribution < -0.4 is 39.3 Å². The summed E-state index contributed by atoms with van der Waals surface area (Å²) in [6.45, 7) is 32.3. The topological polar surface area (TPSA) is 412 Å². The van der Waals surface area contributed by atoms with E-state index in [2.05, 4.69) is 151 Å². The minimum atomic E-state index is -0.487. The normalized spacial score (nSPS) is 10.5. The van der Waals surface area contributed by atoms with Crippen molar-refractivity contribution in [2.45, 2.75) is 153 Å². The van der Waals surface area contributed by atoms with Crippen molar-refractivity contribution in [3.05, 3.63) is 68.9 Å². The average Bonchev–Trinajstić information content (AvgIpc) is 4.14. The van der Waals surface area contributed by atoms with Crippen molar-refractivity contribution < 1.29 is 13.9 Å². The Labute approximate surface area is 415 Å². The summed E-state index contributed by atoms with van der Waals surface area (Å²) in [4.78, 5) is 34.0. The first kappa shape index (κ1) is 63.3. The molecule has 0 radical (unpaired) electrons. The van der Waals surface area contributed by atoms with Crippen molar-refractivity contribution in [2.75, 3.05) is 54.1 Å². The molecular weight excluding hydrogens is 921 g/mol. The number of nitrogens with one attached hydrogen (secondary N) is 7. The number of rotatable bonds is 13. The third kappa shape index (κ3) is 26.1. The minimum Gasteiger partial charge on any atom is -0.408 e. The fourth-order valence-corrected chi connectivity index (χ4v) is 5.09. The molecule has 0 aliphatic carbocycles. The number of nitrogen functional groups attached to an aromatic ring is 3. The van der Waals surface area contributed by atoms with Gasteiger partial charge >= 0.3 is 11.8 Å². The van der Waals surface area contributed by atoms with Gasteiger partial charge in [0, 0.05) is 61.1 Å². The molecule has 7 heterocycles. The second-order valence-electron chi connectivity index (χ2n) is 17.1. The fraction of sp³-hybridized carbons (Fsp3) is 0.628. The van der Waals surface area contributed by atoms with Crippen LogP contribution in [-0.2, 0) is 0 Å². The highest BCUT2D eigenvalue weighted by molar-refractivity contribution is 7.15. The molecule has 0 fully saturated rings. The van der Waals surface area contributed by atoms with Gasteiger partial charge in [0.2, 0.25) is 23.7 Å². The molecule has 70 heavy (non-hydrogen) atoms. The number of hydrogen-bond acceptors (Lipinski definition) is 22. The summed E-state index contributed by atoms with van der Waals surface area (Å²) in [5, 5.41) is 49.4. The van der Waals surface area contributed by atoms with Gasteiger partial charge in [-0.15, -0.1) is 31.7 Å². The maximum atomic E-state index is 10.3. The molecule has 26 nitrogen and oxygen atoms in total. The molecule has 27 heteroatoms. The Morgan fingerprint density at radius 3 is 1.57 bits per heavy atom. The lowest BCUT2D eigenvalue weighted by molar-refractivity contribution is 0.311. The summed E-state index contributed by atoms with van der Waals surface area (Å²) in [6.07, 6.45) is 3.45. The van der Waals surface area contributed by atoms with Crippen molar-refractivity contribution in [2.24, 2.45) is 5.73 Å². The lowest BCUT2D eigenvalue weighted by Crippen LogP contribution is -2.13. The maximum absolute atomic E-state index is 10.3. The van der Waals surface area contributed by atoms with Crippen LogP contribution >= 0.6 is 11.3 Å². The molecule has 0 aliphatic rings. The molecule has 394 valence electrons. The molecule has 7 aromatic heterocycles. The third-order valence-electron chi connectivity index (χ3n) is 8.18. The number of aromatic amines is 5. The van der Waals surface area contributed by atoms with E-state index in [9.17, 15) is 4.79 Å². The molecule has 0 unspecified atom stereocenters. The van der Waals surface area contributed by atoms with Gasteiger partial charge in [0.05, 0.1) is 24.0 Å². The number of hydrogen-bond donors (Lipinski definition) is 12. The SMILES string of the molecule is C.CC(C)c1n[nH]c(=O)o1.CC(C)c1nc(N)n[nH]1.CC(C)c1nc(NCCN)n[nH]1.CC(C)c1ncc(N)s1.CC(C)c1ncc(NCCO)[nH]1.CC(C)c1nnc(N)o1.Cc1nc(C(C)C)n[nH]1. The zero-order valence-corrected chi connectivity index (χ0v) is 43.7. The highest BCUT2D eigenvalue weighted by atomic mass is 32.1. The van der Waals surface area contributed by atoms with E-state index in [1.807, 2.05) is 48.5 Å². The molecule has 0 amide bonds. The number of aliphatic hydroxyl groups is 1. The highest BCUT2D eigenvalue weighted by Gasteiger charge is 2.08. The Bertz CT molecular complexity index is 2170. The molecule has 0 saturated carbocycles. The Morgan fingerprint density at radius 1 is 0.643 bits per heavy atom. The van der Waals surface area contributed by atoms with Crippen LogP contribution in [0.1, 0.15) is 192 Å². The van der Waals surface area contributed by atoms with E-state index in [1.54, 1.807) is 23.7 Å². The lowest BCUT2D eigenvalue weighted by atomic mass is 10.2. The monoisotopic (exact) mass is 1000 g/mol. The van der Waals surface area contributed by atoms with Crippen LogP contribution in [0.25, 0.3) is 0 Å². The van der Waals surface area contributed by atoms with E-state index in [4.69, 9.17) is 32.5 Å². The molecule has 0 aliphatic heterocycles. The molecule has 16 N–H and O–H groups in total. The van der Waals surface area contributed by atoms with Gasteiger partial charge in [-0.05, 0) is 6.92 Å². The van der Waals surface area contributed by atoms with E-state index in [0.29, 0.717) is 72.9 Å². The van der Waals surface area contributed by atoms with Crippen molar-refractivity contribution >= 4 is 40.1 Å². The van der Waals surface area contributed by atoms with Crippen molar-refractivity contribution in [3.8, 4) is 0 Å². The first-order chi connectivity index (χ1) is 32.5. The van der Waals surface area contributed by atoms with Gasteiger partial charge in [0.1, 0.15) is 34.1 Å². The quantitative estimate of drug-likeness (QED) is 0.0569. The second-order valence-corrected chi connectivity index (χ2v) is 18.2. The van der Waals surface area contributed by atoms with Crippen molar-refractivity contribution in [1.29, 1.82) is 0 Å². The van der Waals surface area contributed by atoms with Gasteiger partial charge in [0.25, 0.3) is 0 Å². The van der Waals surface area contributed by atoms with E-state index in [-0.39, 0.29) is 31.9 Å². The number of nitrogens with two attached hydrogens (primary N) is 4. The summed E-state index contributed by atoms with van der Waals surface area (Å²) in [5.41, 5.74) is 21.2. The van der Waals surface area contributed by atoms with Crippen LogP contribution in [0.4, 0.5) is 28.7 Å². The van der Waals surface area contributed by atoms with Gasteiger partial charge in [-0.1, -0.05) is 109 Å².